The van der Waals surface area contributed by atoms with E-state index in [2.05, 4.69) is 55.5 Å². The highest BCUT2D eigenvalue weighted by Crippen LogP contribution is 2.54. The van der Waals surface area contributed by atoms with E-state index in [-0.39, 0.29) is 12.0 Å². The molecule has 0 radical (unpaired) electrons. The second kappa shape index (κ2) is 3.46. The molecule has 2 aromatic rings. The first-order valence-corrected chi connectivity index (χ1v) is 6.64. The number of aliphatic hydroxyl groups is 1. The fraction of sp³-hybridized carbons (Fsp3) is 0.294. The average Bonchev–Trinajstić information content (AvgIpc) is 2.42. The monoisotopic (exact) mass is 236 g/mol. The molecule has 0 fully saturated rings. The standard InChI is InChI=1S/C17H16O/c1-10-15-11-6-2-4-8-13(11)16(17(10)18)14-9-5-3-7-12(14)15/h2-10,15-18H,1H3/t10-,15?,16?,17+/m0/s1. The molecule has 1 N–H and O–H groups in total. The highest BCUT2D eigenvalue weighted by molar-refractivity contribution is 5.56. The van der Waals surface area contributed by atoms with Crippen molar-refractivity contribution in [2.75, 3.05) is 0 Å². The smallest absolute Gasteiger partial charge is 0.0684 e. The van der Waals surface area contributed by atoms with E-state index in [1.807, 2.05) is 0 Å². The lowest BCUT2D eigenvalue weighted by Gasteiger charge is -2.47. The third-order valence-electron chi connectivity index (χ3n) is 4.74. The molecule has 0 heterocycles. The summed E-state index contributed by atoms with van der Waals surface area (Å²) in [5.41, 5.74) is 5.48. The Bertz CT molecular complexity index is 515. The van der Waals surface area contributed by atoms with Gasteiger partial charge in [0.05, 0.1) is 6.10 Å². The van der Waals surface area contributed by atoms with Crippen LogP contribution >= 0.6 is 0 Å². The second-order valence-corrected chi connectivity index (χ2v) is 5.56. The number of rotatable bonds is 0. The molecule has 3 aliphatic rings. The Kier molecular flexibility index (Phi) is 1.98. The van der Waals surface area contributed by atoms with Gasteiger partial charge in [0.15, 0.2) is 0 Å². The Hall–Kier alpha value is -1.60. The third-order valence-corrected chi connectivity index (χ3v) is 4.74. The van der Waals surface area contributed by atoms with Crippen LogP contribution in [0.25, 0.3) is 0 Å². The van der Waals surface area contributed by atoms with Crippen LogP contribution in [0.2, 0.25) is 0 Å². The average molecular weight is 236 g/mol. The van der Waals surface area contributed by atoms with Crippen molar-refractivity contribution in [2.45, 2.75) is 24.9 Å². The zero-order valence-electron chi connectivity index (χ0n) is 10.4. The Morgan fingerprint density at radius 3 is 1.56 bits per heavy atom. The van der Waals surface area contributed by atoms with Crippen LogP contribution in [0, 0.1) is 5.92 Å². The molecule has 0 unspecified atom stereocenters. The molecule has 3 aliphatic carbocycles. The number of fused-ring (bicyclic) bond motifs is 1. The molecule has 0 amide bonds. The van der Waals surface area contributed by atoms with Gasteiger partial charge in [-0.3, -0.25) is 0 Å². The van der Waals surface area contributed by atoms with Crippen LogP contribution < -0.4 is 0 Å². The maximum atomic E-state index is 10.6. The van der Waals surface area contributed by atoms with Gasteiger partial charge in [-0.15, -0.1) is 0 Å². The van der Waals surface area contributed by atoms with Gasteiger partial charge < -0.3 is 5.11 Å². The highest BCUT2D eigenvalue weighted by Gasteiger charge is 2.46. The first-order chi connectivity index (χ1) is 8.79. The lowest BCUT2D eigenvalue weighted by molar-refractivity contribution is 0.0722. The number of aliphatic hydroxyl groups excluding tert-OH is 1. The molecule has 18 heavy (non-hydrogen) atoms. The van der Waals surface area contributed by atoms with Gasteiger partial charge in [-0.2, -0.15) is 0 Å². The van der Waals surface area contributed by atoms with Crippen LogP contribution in [0.4, 0.5) is 0 Å². The summed E-state index contributed by atoms with van der Waals surface area (Å²) in [5, 5.41) is 10.6. The molecule has 5 rings (SSSR count). The van der Waals surface area contributed by atoms with Gasteiger partial charge in [0.25, 0.3) is 0 Å². The van der Waals surface area contributed by atoms with Gasteiger partial charge in [0.2, 0.25) is 0 Å². The zero-order valence-corrected chi connectivity index (χ0v) is 10.4. The maximum Gasteiger partial charge on any atom is 0.0684 e. The van der Waals surface area contributed by atoms with E-state index >= 15 is 0 Å². The van der Waals surface area contributed by atoms with Crippen molar-refractivity contribution in [3.8, 4) is 0 Å². The van der Waals surface area contributed by atoms with Crippen molar-refractivity contribution in [3.63, 3.8) is 0 Å². The SMILES string of the molecule is C[C@H]1C2c3ccccc3C(c3ccccc32)[C@@H]1O. The zero-order chi connectivity index (χ0) is 12.3. The van der Waals surface area contributed by atoms with E-state index in [4.69, 9.17) is 0 Å². The molecule has 1 heteroatoms. The van der Waals surface area contributed by atoms with E-state index in [0.29, 0.717) is 11.8 Å². The molecule has 2 atom stereocenters. The topological polar surface area (TPSA) is 20.2 Å². The number of hydrogen-bond donors (Lipinski definition) is 1. The van der Waals surface area contributed by atoms with Crippen molar-refractivity contribution in [3.05, 3.63) is 70.8 Å². The summed E-state index contributed by atoms with van der Waals surface area (Å²) in [7, 11) is 0. The largest absolute Gasteiger partial charge is 0.392 e. The first-order valence-electron chi connectivity index (χ1n) is 6.64. The van der Waals surface area contributed by atoms with Gasteiger partial charge in [-0.05, 0) is 28.2 Å². The van der Waals surface area contributed by atoms with Crippen LogP contribution in [0.3, 0.4) is 0 Å². The second-order valence-electron chi connectivity index (χ2n) is 5.56. The van der Waals surface area contributed by atoms with Crippen LogP contribution in [0.15, 0.2) is 48.5 Å². The summed E-state index contributed by atoms with van der Waals surface area (Å²) in [6, 6.07) is 17.2. The van der Waals surface area contributed by atoms with E-state index in [1.54, 1.807) is 0 Å². The van der Waals surface area contributed by atoms with Gasteiger partial charge in [0, 0.05) is 11.8 Å². The van der Waals surface area contributed by atoms with Gasteiger partial charge in [-0.25, -0.2) is 0 Å². The van der Waals surface area contributed by atoms with E-state index < -0.39 is 0 Å². The molecule has 0 spiro atoms. The fourth-order valence-corrected chi connectivity index (χ4v) is 3.92. The summed E-state index contributed by atoms with van der Waals surface area (Å²) >= 11 is 0. The Morgan fingerprint density at radius 2 is 1.11 bits per heavy atom. The summed E-state index contributed by atoms with van der Waals surface area (Å²) in [6.45, 7) is 2.17. The van der Waals surface area contributed by atoms with E-state index in [1.165, 1.54) is 22.3 Å². The minimum atomic E-state index is -0.250. The number of benzene rings is 2. The molecular weight excluding hydrogens is 220 g/mol. The van der Waals surface area contributed by atoms with Crippen LogP contribution in [0.1, 0.15) is 41.0 Å². The van der Waals surface area contributed by atoms with E-state index in [9.17, 15) is 5.11 Å². The molecule has 2 aromatic carbocycles. The molecule has 0 saturated heterocycles. The summed E-state index contributed by atoms with van der Waals surface area (Å²) in [6.07, 6.45) is -0.250. The molecular formula is C17H16O. The summed E-state index contributed by atoms with van der Waals surface area (Å²) in [5.74, 6) is 0.828. The van der Waals surface area contributed by atoms with Crippen LogP contribution in [-0.4, -0.2) is 11.2 Å². The third kappa shape index (κ3) is 1.10. The normalized spacial score (nSPS) is 31.9. The maximum absolute atomic E-state index is 10.6. The van der Waals surface area contributed by atoms with E-state index in [0.717, 1.165) is 0 Å². The van der Waals surface area contributed by atoms with Crippen LogP contribution in [-0.2, 0) is 0 Å². The molecule has 1 nitrogen and oxygen atoms in total. The lowest BCUT2D eigenvalue weighted by atomic mass is 9.58. The Labute approximate surface area is 107 Å². The van der Waals surface area contributed by atoms with Crippen LogP contribution in [0.5, 0.6) is 0 Å². The minimum Gasteiger partial charge on any atom is -0.392 e. The number of hydrogen-bond acceptors (Lipinski definition) is 1. The molecule has 2 bridgehead atoms. The summed E-state index contributed by atoms with van der Waals surface area (Å²) in [4.78, 5) is 0. The van der Waals surface area contributed by atoms with Crippen molar-refractivity contribution in [2.24, 2.45) is 5.92 Å². The predicted molar refractivity (Wildman–Crippen MR) is 71.7 cm³/mol. The van der Waals surface area contributed by atoms with Gasteiger partial charge in [0.1, 0.15) is 0 Å². The lowest BCUT2D eigenvalue weighted by Crippen LogP contribution is -2.42. The van der Waals surface area contributed by atoms with Gasteiger partial charge >= 0.3 is 0 Å². The van der Waals surface area contributed by atoms with Crippen molar-refractivity contribution in [1.29, 1.82) is 0 Å². The fourth-order valence-electron chi connectivity index (χ4n) is 3.92. The first kappa shape index (κ1) is 10.3. The molecule has 0 saturated carbocycles. The van der Waals surface area contributed by atoms with Crippen molar-refractivity contribution in [1.82, 2.24) is 0 Å². The highest BCUT2D eigenvalue weighted by atomic mass is 16.3. The Morgan fingerprint density at radius 1 is 0.722 bits per heavy atom. The predicted octanol–water partition coefficient (Wildman–Crippen LogP) is 3.27. The molecule has 0 aromatic heterocycles. The van der Waals surface area contributed by atoms with Crippen molar-refractivity contribution >= 4 is 0 Å². The summed E-state index contributed by atoms with van der Waals surface area (Å²) < 4.78 is 0. The quantitative estimate of drug-likeness (QED) is 0.744. The van der Waals surface area contributed by atoms with Gasteiger partial charge in [-0.1, -0.05) is 55.5 Å². The minimum absolute atomic E-state index is 0.164. The molecule has 0 aliphatic heterocycles. The molecule has 90 valence electrons. The Balaban J connectivity index is 2.06. The van der Waals surface area contributed by atoms with Crippen molar-refractivity contribution < 1.29 is 5.11 Å².